The van der Waals surface area contributed by atoms with Gasteiger partial charge in [-0.3, -0.25) is 0 Å². The molecule has 3 rings (SSSR count). The molecule has 0 radical (unpaired) electrons. The van der Waals surface area contributed by atoms with Crippen molar-refractivity contribution in [1.82, 2.24) is 4.98 Å². The van der Waals surface area contributed by atoms with Crippen LogP contribution in [0, 0.1) is 0 Å². The maximum absolute atomic E-state index is 12.5. The number of ether oxygens (including phenoxy) is 2. The van der Waals surface area contributed by atoms with Crippen LogP contribution in [0.2, 0.25) is 0 Å². The first-order chi connectivity index (χ1) is 12.2. The van der Waals surface area contributed by atoms with E-state index in [9.17, 15) is 9.59 Å². The van der Waals surface area contributed by atoms with Crippen molar-refractivity contribution in [3.05, 3.63) is 59.3 Å². The Morgan fingerprint density at radius 2 is 1.92 bits per heavy atom. The third-order valence-corrected chi connectivity index (χ3v) is 4.13. The minimum Gasteiger partial charge on any atom is -0.465 e. The van der Waals surface area contributed by atoms with Crippen molar-refractivity contribution in [2.45, 2.75) is 19.4 Å². The monoisotopic (exact) mass is 340 g/mol. The van der Waals surface area contributed by atoms with E-state index in [1.807, 2.05) is 0 Å². The van der Waals surface area contributed by atoms with Gasteiger partial charge in [-0.25, -0.2) is 14.6 Å². The first-order valence-corrected chi connectivity index (χ1v) is 8.23. The van der Waals surface area contributed by atoms with Crippen LogP contribution in [-0.2, 0) is 16.1 Å². The Kier molecular flexibility index (Phi) is 5.28. The van der Waals surface area contributed by atoms with Gasteiger partial charge in [0, 0.05) is 19.3 Å². The summed E-state index contributed by atoms with van der Waals surface area (Å²) in [6.45, 7) is 1.88. The third-order valence-electron chi connectivity index (χ3n) is 4.13. The predicted molar refractivity (Wildman–Crippen MR) is 92.6 cm³/mol. The number of hydrogen-bond acceptors (Lipinski definition) is 6. The highest BCUT2D eigenvalue weighted by molar-refractivity contribution is 5.95. The van der Waals surface area contributed by atoms with Gasteiger partial charge in [0.1, 0.15) is 18.0 Å². The molecule has 2 heterocycles. The average Bonchev–Trinajstić information content (AvgIpc) is 3.20. The molecule has 1 aromatic carbocycles. The lowest BCUT2D eigenvalue weighted by molar-refractivity contribution is 0.0473. The van der Waals surface area contributed by atoms with Crippen LogP contribution >= 0.6 is 0 Å². The second-order valence-electron chi connectivity index (χ2n) is 5.84. The summed E-state index contributed by atoms with van der Waals surface area (Å²) in [5.41, 5.74) is 1.62. The standard InChI is InChI=1S/C19H20N2O4/c1-24-18(22)15-7-4-6-14(12-15)13-25-19(23)16-8-5-9-20-17(16)21-10-2-3-11-21/h4-9,12H,2-3,10-11,13H2,1H3. The molecule has 1 aliphatic heterocycles. The van der Waals surface area contributed by atoms with Gasteiger partial charge in [0.2, 0.25) is 0 Å². The average molecular weight is 340 g/mol. The van der Waals surface area contributed by atoms with Gasteiger partial charge in [-0.15, -0.1) is 0 Å². The van der Waals surface area contributed by atoms with E-state index in [0.717, 1.165) is 31.5 Å². The van der Waals surface area contributed by atoms with Gasteiger partial charge in [0.05, 0.1) is 12.7 Å². The van der Waals surface area contributed by atoms with Gasteiger partial charge < -0.3 is 14.4 Å². The molecule has 130 valence electrons. The number of esters is 2. The molecule has 2 aromatic rings. The van der Waals surface area contributed by atoms with E-state index in [1.54, 1.807) is 42.6 Å². The first kappa shape index (κ1) is 17.0. The highest BCUT2D eigenvalue weighted by Crippen LogP contribution is 2.23. The van der Waals surface area contributed by atoms with E-state index in [4.69, 9.17) is 9.47 Å². The summed E-state index contributed by atoms with van der Waals surface area (Å²) in [5.74, 6) is -0.163. The van der Waals surface area contributed by atoms with E-state index >= 15 is 0 Å². The molecule has 0 aliphatic carbocycles. The number of hydrogen-bond donors (Lipinski definition) is 0. The fourth-order valence-corrected chi connectivity index (χ4v) is 2.87. The van der Waals surface area contributed by atoms with Crippen LogP contribution in [0.25, 0.3) is 0 Å². The zero-order valence-corrected chi connectivity index (χ0v) is 14.1. The number of pyridine rings is 1. The summed E-state index contributed by atoms with van der Waals surface area (Å²) < 4.78 is 10.1. The zero-order valence-electron chi connectivity index (χ0n) is 14.1. The third kappa shape index (κ3) is 3.96. The van der Waals surface area contributed by atoms with E-state index in [-0.39, 0.29) is 6.61 Å². The van der Waals surface area contributed by atoms with Gasteiger partial charge >= 0.3 is 11.9 Å². The lowest BCUT2D eigenvalue weighted by atomic mass is 10.1. The molecule has 0 amide bonds. The van der Waals surface area contributed by atoms with Gasteiger partial charge in [0.25, 0.3) is 0 Å². The number of carbonyl (C=O) groups excluding carboxylic acids is 2. The highest BCUT2D eigenvalue weighted by Gasteiger charge is 2.21. The molecule has 0 bridgehead atoms. The van der Waals surface area contributed by atoms with Crippen molar-refractivity contribution >= 4 is 17.8 Å². The molecule has 0 atom stereocenters. The van der Waals surface area contributed by atoms with E-state index in [2.05, 4.69) is 9.88 Å². The Bertz CT molecular complexity index is 770. The van der Waals surface area contributed by atoms with Crippen LogP contribution in [0.15, 0.2) is 42.6 Å². The molecule has 1 saturated heterocycles. The van der Waals surface area contributed by atoms with Crippen LogP contribution < -0.4 is 4.90 Å². The Morgan fingerprint density at radius 3 is 2.68 bits per heavy atom. The van der Waals surface area contributed by atoms with Crippen molar-refractivity contribution in [1.29, 1.82) is 0 Å². The Morgan fingerprint density at radius 1 is 1.12 bits per heavy atom. The topological polar surface area (TPSA) is 68.7 Å². The molecule has 6 nitrogen and oxygen atoms in total. The summed E-state index contributed by atoms with van der Waals surface area (Å²) in [7, 11) is 1.33. The van der Waals surface area contributed by atoms with Gasteiger partial charge in [0.15, 0.2) is 0 Å². The predicted octanol–water partition coefficient (Wildman–Crippen LogP) is 2.83. The molecule has 1 aliphatic rings. The minimum atomic E-state index is -0.420. The molecular weight excluding hydrogens is 320 g/mol. The summed E-state index contributed by atoms with van der Waals surface area (Å²) >= 11 is 0. The van der Waals surface area contributed by atoms with Crippen molar-refractivity contribution in [3.8, 4) is 0 Å². The summed E-state index contributed by atoms with van der Waals surface area (Å²) in [5, 5.41) is 0. The SMILES string of the molecule is COC(=O)c1cccc(COC(=O)c2cccnc2N2CCCC2)c1. The molecular formula is C19H20N2O4. The number of methoxy groups -OCH3 is 1. The van der Waals surface area contributed by atoms with E-state index < -0.39 is 11.9 Å². The van der Waals surface area contributed by atoms with Crippen molar-refractivity contribution in [2.24, 2.45) is 0 Å². The second-order valence-corrected chi connectivity index (χ2v) is 5.84. The lowest BCUT2D eigenvalue weighted by Gasteiger charge is -2.19. The normalized spacial score (nSPS) is 13.6. The number of benzene rings is 1. The molecule has 0 saturated carbocycles. The van der Waals surface area contributed by atoms with Gasteiger partial charge in [-0.1, -0.05) is 12.1 Å². The van der Waals surface area contributed by atoms with Crippen molar-refractivity contribution < 1.29 is 19.1 Å². The second kappa shape index (κ2) is 7.79. The van der Waals surface area contributed by atoms with Crippen molar-refractivity contribution in [3.63, 3.8) is 0 Å². The molecule has 0 N–H and O–H groups in total. The van der Waals surface area contributed by atoms with Crippen LogP contribution in [0.5, 0.6) is 0 Å². The summed E-state index contributed by atoms with van der Waals surface area (Å²) in [4.78, 5) is 30.5. The summed E-state index contributed by atoms with van der Waals surface area (Å²) in [6.07, 6.45) is 3.89. The molecule has 0 spiro atoms. The first-order valence-electron chi connectivity index (χ1n) is 8.23. The van der Waals surface area contributed by atoms with Crippen LogP contribution in [-0.4, -0.2) is 37.1 Å². The highest BCUT2D eigenvalue weighted by atomic mass is 16.5. The van der Waals surface area contributed by atoms with Crippen molar-refractivity contribution in [2.75, 3.05) is 25.1 Å². The van der Waals surface area contributed by atoms with Crippen LogP contribution in [0.1, 0.15) is 39.1 Å². The Labute approximate surface area is 146 Å². The number of anilines is 1. The molecule has 0 unspecified atom stereocenters. The molecule has 1 fully saturated rings. The Balaban J connectivity index is 1.70. The Hall–Kier alpha value is -2.89. The van der Waals surface area contributed by atoms with Gasteiger partial charge in [-0.05, 0) is 42.7 Å². The molecule has 1 aromatic heterocycles. The fourth-order valence-electron chi connectivity index (χ4n) is 2.87. The number of aromatic nitrogens is 1. The zero-order chi connectivity index (χ0) is 17.6. The van der Waals surface area contributed by atoms with Crippen LogP contribution in [0.3, 0.4) is 0 Å². The smallest absolute Gasteiger partial charge is 0.342 e. The largest absolute Gasteiger partial charge is 0.465 e. The number of carbonyl (C=O) groups is 2. The fraction of sp³-hybridized carbons (Fsp3) is 0.316. The maximum Gasteiger partial charge on any atom is 0.342 e. The van der Waals surface area contributed by atoms with Gasteiger partial charge in [-0.2, -0.15) is 0 Å². The van der Waals surface area contributed by atoms with E-state index in [1.165, 1.54) is 7.11 Å². The van der Waals surface area contributed by atoms with E-state index in [0.29, 0.717) is 16.9 Å². The number of nitrogens with zero attached hydrogens (tertiary/aromatic N) is 2. The molecule has 6 heteroatoms. The number of rotatable bonds is 5. The maximum atomic E-state index is 12.5. The quantitative estimate of drug-likeness (QED) is 0.780. The van der Waals surface area contributed by atoms with Crippen LogP contribution in [0.4, 0.5) is 5.82 Å². The minimum absolute atomic E-state index is 0.0814. The molecule has 25 heavy (non-hydrogen) atoms. The summed E-state index contributed by atoms with van der Waals surface area (Å²) in [6, 6.07) is 10.3. The lowest BCUT2D eigenvalue weighted by Crippen LogP contribution is -2.22.